The van der Waals surface area contributed by atoms with E-state index in [1.54, 1.807) is 4.52 Å². The molecule has 4 heterocycles. The number of aromatic nitrogens is 5. The first-order valence-electron chi connectivity index (χ1n) is 10.5. The molecule has 146 valence electrons. The van der Waals surface area contributed by atoms with Crippen molar-refractivity contribution >= 4 is 34.0 Å². The number of nitrogens with one attached hydrogen (secondary N) is 2. The van der Waals surface area contributed by atoms with Crippen LogP contribution in [0.25, 0.3) is 27.8 Å². The summed E-state index contributed by atoms with van der Waals surface area (Å²) in [7, 11) is 0. The Morgan fingerprint density at radius 2 is 2.14 bits per heavy atom. The summed E-state index contributed by atoms with van der Waals surface area (Å²) in [5.41, 5.74) is 0.284. The molecular formula is C20H18FN7O. The maximum Gasteiger partial charge on any atom is 0.263 e. The number of nitrogens with zero attached hydrogens (tertiary/aromatic N) is 5. The molecule has 4 aromatic rings. The predicted octanol–water partition coefficient (Wildman–Crippen LogP) is 3.13. The van der Waals surface area contributed by atoms with Crippen LogP contribution < -0.4 is 10.6 Å². The molecule has 1 aliphatic rings. The van der Waals surface area contributed by atoms with Crippen molar-refractivity contribution in [2.45, 2.75) is 25.4 Å². The summed E-state index contributed by atoms with van der Waals surface area (Å²) in [6.45, 7) is -0.537. The molecule has 5 rings (SSSR count). The highest BCUT2D eigenvalue weighted by molar-refractivity contribution is 6.04. The maximum absolute atomic E-state index is 14.1. The molecule has 1 aliphatic carbocycles. The number of pyridine rings is 3. The van der Waals surface area contributed by atoms with Crippen molar-refractivity contribution in [1.82, 2.24) is 24.6 Å². The van der Waals surface area contributed by atoms with Gasteiger partial charge in [-0.05, 0) is 37.5 Å². The van der Waals surface area contributed by atoms with E-state index in [0.717, 1.165) is 5.56 Å². The van der Waals surface area contributed by atoms with E-state index >= 15 is 0 Å². The number of aryl methyl sites for hydroxylation is 1. The van der Waals surface area contributed by atoms with Crippen LogP contribution in [0.5, 0.6) is 0 Å². The molecule has 8 nitrogen and oxygen atoms in total. The van der Waals surface area contributed by atoms with Crippen molar-refractivity contribution in [3.63, 3.8) is 0 Å². The van der Waals surface area contributed by atoms with Crippen LogP contribution in [0.15, 0.2) is 36.8 Å². The Morgan fingerprint density at radius 3 is 2.93 bits per heavy atom. The lowest BCUT2D eigenvalue weighted by molar-refractivity contribution is -0.122. The van der Waals surface area contributed by atoms with Gasteiger partial charge >= 0.3 is 0 Å². The van der Waals surface area contributed by atoms with E-state index in [4.69, 9.17) is 4.11 Å². The first-order chi connectivity index (χ1) is 15.1. The van der Waals surface area contributed by atoms with E-state index in [0.29, 0.717) is 27.8 Å². The van der Waals surface area contributed by atoms with E-state index in [-0.39, 0.29) is 24.5 Å². The van der Waals surface area contributed by atoms with Crippen LogP contribution in [0, 0.1) is 6.92 Å². The second kappa shape index (κ2) is 6.20. The number of fused-ring (bicyclic) bond motifs is 2. The third kappa shape index (κ3) is 2.95. The van der Waals surface area contributed by atoms with Crippen molar-refractivity contribution < 1.29 is 13.3 Å². The van der Waals surface area contributed by atoms with Crippen LogP contribution in [0.3, 0.4) is 0 Å². The van der Waals surface area contributed by atoms with Gasteiger partial charge in [0.05, 0.1) is 0 Å². The van der Waals surface area contributed by atoms with Crippen LogP contribution in [0.2, 0.25) is 0 Å². The van der Waals surface area contributed by atoms with Crippen LogP contribution in [0.1, 0.15) is 22.5 Å². The van der Waals surface area contributed by atoms with Crippen molar-refractivity contribution in [2.75, 3.05) is 17.6 Å². The first-order valence-corrected chi connectivity index (χ1v) is 9.02. The number of hydrogen-bond acceptors (Lipinski definition) is 6. The minimum Gasteiger partial charge on any atom is -0.373 e. The molecule has 9 heteroatoms. The minimum absolute atomic E-state index is 0.0953. The number of carbonyl (C=O) groups is 1. The first kappa shape index (κ1) is 14.4. The van der Waals surface area contributed by atoms with Gasteiger partial charge in [-0.2, -0.15) is 0 Å². The number of alkyl halides is 1. The second-order valence-electron chi connectivity index (χ2n) is 7.12. The summed E-state index contributed by atoms with van der Waals surface area (Å²) in [6, 6.07) is 5.28. The van der Waals surface area contributed by atoms with Crippen molar-refractivity contribution in [2.24, 2.45) is 0 Å². The van der Waals surface area contributed by atoms with Crippen LogP contribution in [-0.2, 0) is 4.79 Å². The van der Waals surface area contributed by atoms with E-state index in [2.05, 4.69) is 30.7 Å². The number of amides is 1. The Labute approximate surface area is 169 Å². The summed E-state index contributed by atoms with van der Waals surface area (Å²) in [5.74, 6) is -0.153. The molecule has 0 radical (unpaired) electrons. The fraction of sp³-hybridized carbons (Fsp3) is 0.250. The predicted molar refractivity (Wildman–Crippen MR) is 108 cm³/mol. The van der Waals surface area contributed by atoms with Gasteiger partial charge in [0.2, 0.25) is 0 Å². The van der Waals surface area contributed by atoms with E-state index < -0.39 is 18.6 Å². The molecule has 1 amide bonds. The smallest absolute Gasteiger partial charge is 0.263 e. The number of halogens is 1. The number of hydrogen-bond donors (Lipinski definition) is 2. The molecule has 0 saturated heterocycles. The molecule has 4 aromatic heterocycles. The highest BCUT2D eigenvalue weighted by Crippen LogP contribution is 2.40. The van der Waals surface area contributed by atoms with Gasteiger partial charge in [0, 0.05) is 46.0 Å². The second-order valence-corrected chi connectivity index (χ2v) is 7.12. The quantitative estimate of drug-likeness (QED) is 0.552. The van der Waals surface area contributed by atoms with Gasteiger partial charge in [0.25, 0.3) is 5.91 Å². The van der Waals surface area contributed by atoms with Gasteiger partial charge in [0.1, 0.15) is 11.6 Å². The molecule has 0 aromatic carbocycles. The average Bonchev–Trinajstić information content (AvgIpc) is 3.34. The zero-order valence-corrected chi connectivity index (χ0v) is 15.4. The summed E-state index contributed by atoms with van der Waals surface area (Å²) in [5, 5.41) is 10.3. The number of carbonyl (C=O) groups excluding carboxylic acids is 1. The van der Waals surface area contributed by atoms with Crippen LogP contribution >= 0.6 is 0 Å². The molecule has 1 fully saturated rings. The molecule has 0 bridgehead atoms. The van der Waals surface area contributed by atoms with Crippen molar-refractivity contribution in [3.8, 4) is 11.4 Å². The molecule has 0 atom stereocenters. The Kier molecular flexibility index (Phi) is 3.07. The summed E-state index contributed by atoms with van der Waals surface area (Å²) >= 11 is 0. The standard InChI is InChI=1S/C20H18FN7O/c1-11-3-4-16-26-18(27-28(16)10-11)14-9-24-17(22-2)13-8-23-15(7-12(13)14)25-19(29)20(21)5-6-20/h3-4,7-10H,5-6H2,1-2H3,(H,22,24)(H,23,25,29)/i2D3. The molecule has 0 aliphatic heterocycles. The van der Waals surface area contributed by atoms with Gasteiger partial charge in [-0.3, -0.25) is 4.79 Å². The third-order valence-corrected chi connectivity index (χ3v) is 4.95. The van der Waals surface area contributed by atoms with Gasteiger partial charge in [-0.1, -0.05) is 6.07 Å². The van der Waals surface area contributed by atoms with Crippen LogP contribution in [-0.4, -0.2) is 43.1 Å². The SMILES string of the molecule is [2H]C([2H])([2H])Nc1ncc(-c2nc3ccc(C)cn3n2)c2cc(NC(=O)C3(F)CC3)ncc12. The largest absolute Gasteiger partial charge is 0.373 e. The maximum atomic E-state index is 14.1. The zero-order chi connectivity index (χ0) is 22.7. The molecule has 2 N–H and O–H groups in total. The fourth-order valence-corrected chi connectivity index (χ4v) is 3.15. The lowest BCUT2D eigenvalue weighted by Crippen LogP contribution is -2.25. The number of anilines is 2. The zero-order valence-electron chi connectivity index (χ0n) is 18.4. The van der Waals surface area contributed by atoms with Crippen molar-refractivity contribution in [1.29, 1.82) is 0 Å². The number of rotatable bonds is 4. The average molecular weight is 394 g/mol. The van der Waals surface area contributed by atoms with Gasteiger partial charge in [0.15, 0.2) is 17.1 Å². The molecule has 1 saturated carbocycles. The van der Waals surface area contributed by atoms with Gasteiger partial charge in [-0.15, -0.1) is 5.10 Å². The van der Waals surface area contributed by atoms with Gasteiger partial charge < -0.3 is 10.6 Å². The topological polar surface area (TPSA) is 97.1 Å². The Balaban J connectivity index is 1.65. The van der Waals surface area contributed by atoms with E-state index in [9.17, 15) is 9.18 Å². The molecular weight excluding hydrogens is 373 g/mol. The Hall–Kier alpha value is -3.62. The monoisotopic (exact) mass is 394 g/mol. The third-order valence-electron chi connectivity index (χ3n) is 4.95. The molecule has 0 unspecified atom stereocenters. The minimum atomic E-state index is -2.47. The van der Waals surface area contributed by atoms with Gasteiger partial charge in [-0.25, -0.2) is 23.9 Å². The lowest BCUT2D eigenvalue weighted by atomic mass is 10.1. The van der Waals surface area contributed by atoms with Crippen LogP contribution in [0.4, 0.5) is 16.0 Å². The van der Waals surface area contributed by atoms with Crippen molar-refractivity contribution in [3.05, 3.63) is 42.4 Å². The highest BCUT2D eigenvalue weighted by atomic mass is 19.1. The molecule has 29 heavy (non-hydrogen) atoms. The summed E-state index contributed by atoms with van der Waals surface area (Å²) in [6.07, 6.45) is 5.03. The Morgan fingerprint density at radius 1 is 1.28 bits per heavy atom. The normalized spacial score (nSPS) is 16.8. The highest BCUT2D eigenvalue weighted by Gasteiger charge is 2.51. The summed E-state index contributed by atoms with van der Waals surface area (Å²) < 4.78 is 38.2. The molecule has 0 spiro atoms. The lowest BCUT2D eigenvalue weighted by Gasteiger charge is -2.11. The Bertz CT molecular complexity index is 1380. The van der Waals surface area contributed by atoms with E-state index in [1.807, 2.05) is 25.3 Å². The summed E-state index contributed by atoms with van der Waals surface area (Å²) in [4.78, 5) is 25.1. The van der Waals surface area contributed by atoms with E-state index in [1.165, 1.54) is 18.5 Å². The fourth-order valence-electron chi connectivity index (χ4n) is 3.15.